The van der Waals surface area contributed by atoms with E-state index in [0.29, 0.717) is 22.8 Å². The maximum absolute atomic E-state index is 13.8. The number of hydrogen-bond donors (Lipinski definition) is 1. The number of ether oxygens (including phenoxy) is 1. The molecule has 0 bridgehead atoms. The summed E-state index contributed by atoms with van der Waals surface area (Å²) in [5.74, 6) is -0.407. The van der Waals surface area contributed by atoms with E-state index < -0.39 is 11.1 Å². The SMILES string of the molecule is COc1ccc(C2=NN(C3=NC(=O)[C@H](CC(=O)Nc4ccc(C)c(F)c4)S3)[C@H](c3ccccc3)C2)cc1. The Bertz CT molecular complexity index is 1390. The third-order valence-corrected chi connectivity index (χ3v) is 7.41. The predicted octanol–water partition coefficient (Wildman–Crippen LogP) is 5.32. The molecule has 2 amide bonds. The lowest BCUT2D eigenvalue weighted by molar-refractivity contribution is -0.121. The highest BCUT2D eigenvalue weighted by atomic mass is 32.2. The number of hydrazone groups is 1. The quantitative estimate of drug-likeness (QED) is 0.480. The number of amides is 2. The van der Waals surface area contributed by atoms with E-state index in [0.717, 1.165) is 22.6 Å². The van der Waals surface area contributed by atoms with Crippen LogP contribution in [0.25, 0.3) is 0 Å². The van der Waals surface area contributed by atoms with E-state index >= 15 is 0 Å². The Hall–Kier alpha value is -3.98. The third kappa shape index (κ3) is 5.41. The van der Waals surface area contributed by atoms with Gasteiger partial charge in [0.2, 0.25) is 5.91 Å². The van der Waals surface area contributed by atoms with Crippen molar-refractivity contribution < 1.29 is 18.7 Å². The Morgan fingerprint density at radius 3 is 2.59 bits per heavy atom. The molecule has 2 aliphatic rings. The van der Waals surface area contributed by atoms with Gasteiger partial charge in [-0.3, -0.25) is 9.59 Å². The summed E-state index contributed by atoms with van der Waals surface area (Å²) in [6.45, 7) is 1.65. The number of hydrogen-bond acceptors (Lipinski definition) is 6. The number of aryl methyl sites for hydroxylation is 1. The number of thioether (sulfide) groups is 1. The molecule has 0 fully saturated rings. The van der Waals surface area contributed by atoms with Crippen LogP contribution in [0.1, 0.15) is 35.6 Å². The van der Waals surface area contributed by atoms with Crippen molar-refractivity contribution in [1.82, 2.24) is 5.01 Å². The normalized spacial score (nSPS) is 19.0. The van der Waals surface area contributed by atoms with E-state index in [4.69, 9.17) is 9.84 Å². The van der Waals surface area contributed by atoms with E-state index in [9.17, 15) is 14.0 Å². The van der Waals surface area contributed by atoms with Gasteiger partial charge in [-0.2, -0.15) is 10.1 Å². The molecule has 0 saturated carbocycles. The Labute approximate surface area is 218 Å². The van der Waals surface area contributed by atoms with Crippen molar-refractivity contribution in [3.8, 4) is 5.75 Å². The van der Waals surface area contributed by atoms with Gasteiger partial charge in [0.15, 0.2) is 5.17 Å². The monoisotopic (exact) mass is 516 g/mol. The van der Waals surface area contributed by atoms with Crippen LogP contribution in [0.5, 0.6) is 5.75 Å². The molecule has 0 aromatic heterocycles. The average molecular weight is 517 g/mol. The minimum atomic E-state index is -0.679. The lowest BCUT2D eigenvalue weighted by Crippen LogP contribution is -2.25. The number of anilines is 1. The molecule has 2 atom stereocenters. The van der Waals surface area contributed by atoms with Crippen molar-refractivity contribution in [1.29, 1.82) is 0 Å². The van der Waals surface area contributed by atoms with Gasteiger partial charge in [-0.15, -0.1) is 0 Å². The second-order valence-corrected chi connectivity index (χ2v) is 9.98. The van der Waals surface area contributed by atoms with Crippen LogP contribution < -0.4 is 10.1 Å². The number of rotatable bonds is 6. The molecule has 2 aliphatic heterocycles. The smallest absolute Gasteiger partial charge is 0.262 e. The van der Waals surface area contributed by atoms with Crippen molar-refractivity contribution in [3.63, 3.8) is 0 Å². The second kappa shape index (κ2) is 10.6. The number of carbonyl (C=O) groups excluding carboxylic acids is 2. The lowest BCUT2D eigenvalue weighted by atomic mass is 9.98. The number of amidine groups is 1. The lowest BCUT2D eigenvalue weighted by Gasteiger charge is -2.23. The standard InChI is InChI=1S/C28H25FN4O3S/c1-17-8-11-20(14-22(17)29)30-26(34)16-25-27(35)31-28(37-25)33-24(19-6-4-3-5-7-19)15-23(32-33)18-9-12-21(36-2)13-10-18/h3-14,24-25H,15-16H2,1-2H3,(H,30,34)/t24-,25-/m0/s1. The van der Waals surface area contributed by atoms with E-state index in [2.05, 4.69) is 10.3 Å². The van der Waals surface area contributed by atoms with Gasteiger partial charge in [0, 0.05) is 18.5 Å². The van der Waals surface area contributed by atoms with E-state index in [1.807, 2.05) is 54.6 Å². The fraction of sp³-hybridized carbons (Fsp3) is 0.214. The Balaban J connectivity index is 1.33. The van der Waals surface area contributed by atoms with Crippen LogP contribution in [0.15, 0.2) is 82.9 Å². The molecule has 3 aromatic rings. The van der Waals surface area contributed by atoms with Crippen molar-refractivity contribution in [2.45, 2.75) is 31.1 Å². The number of carbonyl (C=O) groups is 2. The summed E-state index contributed by atoms with van der Waals surface area (Å²) in [4.78, 5) is 29.6. The van der Waals surface area contributed by atoms with Crippen molar-refractivity contribution in [2.75, 3.05) is 12.4 Å². The van der Waals surface area contributed by atoms with Gasteiger partial charge < -0.3 is 10.1 Å². The average Bonchev–Trinajstić information content (AvgIpc) is 3.51. The summed E-state index contributed by atoms with van der Waals surface area (Å²) >= 11 is 1.23. The number of halogens is 1. The Kier molecular flexibility index (Phi) is 7.05. The van der Waals surface area contributed by atoms with E-state index in [-0.39, 0.29) is 24.3 Å². The first kappa shape index (κ1) is 24.7. The Morgan fingerprint density at radius 1 is 1.14 bits per heavy atom. The molecule has 5 rings (SSSR count). The highest BCUT2D eigenvalue weighted by Gasteiger charge is 2.39. The van der Waals surface area contributed by atoms with E-state index in [1.54, 1.807) is 31.2 Å². The maximum atomic E-state index is 13.8. The number of nitrogens with zero attached hydrogens (tertiary/aromatic N) is 3. The van der Waals surface area contributed by atoms with Crippen LogP contribution >= 0.6 is 11.8 Å². The highest BCUT2D eigenvalue weighted by molar-refractivity contribution is 8.15. The topological polar surface area (TPSA) is 83.4 Å². The molecule has 9 heteroatoms. The zero-order chi connectivity index (χ0) is 25.9. The number of methoxy groups -OCH3 is 1. The van der Waals surface area contributed by atoms with Gasteiger partial charge in [0.25, 0.3) is 5.91 Å². The zero-order valence-corrected chi connectivity index (χ0v) is 21.2. The fourth-order valence-electron chi connectivity index (χ4n) is 4.23. The molecule has 0 aliphatic carbocycles. The van der Waals surface area contributed by atoms with Gasteiger partial charge in [-0.25, -0.2) is 9.40 Å². The van der Waals surface area contributed by atoms with Gasteiger partial charge in [0.05, 0.1) is 18.9 Å². The molecule has 3 aromatic carbocycles. The summed E-state index contributed by atoms with van der Waals surface area (Å²) < 4.78 is 19.1. The summed E-state index contributed by atoms with van der Waals surface area (Å²) in [6, 6.07) is 22.0. The number of aliphatic imine (C=N–C) groups is 1. The maximum Gasteiger partial charge on any atom is 0.262 e. The molecule has 0 radical (unpaired) electrons. The van der Waals surface area contributed by atoms with Gasteiger partial charge >= 0.3 is 0 Å². The highest BCUT2D eigenvalue weighted by Crippen LogP contribution is 2.38. The first-order valence-corrected chi connectivity index (χ1v) is 12.7. The van der Waals surface area contributed by atoms with Gasteiger partial charge in [-0.05, 0) is 60.0 Å². The molecular weight excluding hydrogens is 491 g/mol. The van der Waals surface area contributed by atoms with Crippen LogP contribution in [0.3, 0.4) is 0 Å². The Morgan fingerprint density at radius 2 is 1.89 bits per heavy atom. The first-order valence-electron chi connectivity index (χ1n) is 11.8. The van der Waals surface area contributed by atoms with Crippen molar-refractivity contribution >= 4 is 40.1 Å². The largest absolute Gasteiger partial charge is 0.497 e. The summed E-state index contributed by atoms with van der Waals surface area (Å²) in [5, 5.41) is 9.08. The third-order valence-electron chi connectivity index (χ3n) is 6.27. The summed E-state index contributed by atoms with van der Waals surface area (Å²) in [7, 11) is 1.62. The zero-order valence-electron chi connectivity index (χ0n) is 20.3. The molecular formula is C28H25FN4O3S. The van der Waals surface area contributed by atoms with Crippen LogP contribution in [0.2, 0.25) is 0 Å². The van der Waals surface area contributed by atoms with Crippen LogP contribution in [0, 0.1) is 12.7 Å². The fourth-order valence-corrected chi connectivity index (χ4v) is 5.30. The molecule has 188 valence electrons. The predicted molar refractivity (Wildman–Crippen MR) is 143 cm³/mol. The van der Waals surface area contributed by atoms with E-state index in [1.165, 1.54) is 17.8 Å². The number of benzene rings is 3. The minimum absolute atomic E-state index is 0.0785. The minimum Gasteiger partial charge on any atom is -0.497 e. The summed E-state index contributed by atoms with van der Waals surface area (Å²) in [5.41, 5.74) is 3.72. The van der Waals surface area contributed by atoms with Crippen LogP contribution in [-0.2, 0) is 9.59 Å². The molecule has 2 heterocycles. The second-order valence-electron chi connectivity index (χ2n) is 8.81. The molecule has 0 saturated heterocycles. The van der Waals surface area contributed by atoms with Crippen LogP contribution in [0.4, 0.5) is 10.1 Å². The molecule has 37 heavy (non-hydrogen) atoms. The molecule has 1 N–H and O–H groups in total. The van der Waals surface area contributed by atoms with Crippen molar-refractivity contribution in [3.05, 3.63) is 95.3 Å². The van der Waals surface area contributed by atoms with Gasteiger partial charge in [-0.1, -0.05) is 48.2 Å². The molecule has 0 unspecified atom stereocenters. The molecule has 7 nitrogen and oxygen atoms in total. The number of nitrogens with one attached hydrogen (secondary N) is 1. The van der Waals surface area contributed by atoms with Crippen LogP contribution in [-0.4, -0.2) is 40.1 Å². The van der Waals surface area contributed by atoms with Crippen molar-refractivity contribution in [2.24, 2.45) is 10.1 Å². The molecule has 0 spiro atoms. The summed E-state index contributed by atoms with van der Waals surface area (Å²) in [6.07, 6.45) is 0.555. The van der Waals surface area contributed by atoms with Gasteiger partial charge in [0.1, 0.15) is 16.8 Å². The first-order chi connectivity index (χ1) is 17.9.